The molecule has 0 saturated heterocycles. The lowest BCUT2D eigenvalue weighted by Gasteiger charge is -2.12. The molecule has 1 aliphatic carbocycles. The maximum atomic E-state index is 8.70. The third-order valence-corrected chi connectivity index (χ3v) is 2.27. The van der Waals surface area contributed by atoms with Crippen molar-refractivity contribution in [3.05, 3.63) is 23.8 Å². The fourth-order valence-electron chi connectivity index (χ4n) is 1.35. The number of ether oxygens (including phenoxy) is 2. The zero-order chi connectivity index (χ0) is 10.7. The molecule has 1 fully saturated rings. The van der Waals surface area contributed by atoms with E-state index in [9.17, 15) is 0 Å². The average Bonchev–Trinajstić information content (AvgIpc) is 3.01. The first kappa shape index (κ1) is 10.3. The van der Waals surface area contributed by atoms with E-state index in [1.807, 2.05) is 25.1 Å². The van der Waals surface area contributed by atoms with E-state index in [2.05, 4.69) is 0 Å². The molecule has 15 heavy (non-hydrogen) atoms. The van der Waals surface area contributed by atoms with Crippen LogP contribution in [0, 0.1) is 6.92 Å². The number of aliphatic hydroxyl groups excluding tert-OH is 1. The standard InChI is InChI=1S/C12H16O3/c1-9-2-5-11(14-7-6-13)12(8-9)15-10-3-4-10/h2,5,8,10,13H,3-4,6-7H2,1H3. The number of hydrogen-bond acceptors (Lipinski definition) is 3. The summed E-state index contributed by atoms with van der Waals surface area (Å²) in [4.78, 5) is 0. The fraction of sp³-hybridized carbons (Fsp3) is 0.500. The number of aliphatic hydroxyl groups is 1. The molecule has 2 rings (SSSR count). The zero-order valence-corrected chi connectivity index (χ0v) is 8.90. The van der Waals surface area contributed by atoms with E-state index in [1.165, 1.54) is 0 Å². The molecule has 1 aromatic carbocycles. The van der Waals surface area contributed by atoms with Crippen LogP contribution in [-0.4, -0.2) is 24.4 Å². The SMILES string of the molecule is Cc1ccc(OCCO)c(OC2CC2)c1. The molecule has 0 aliphatic heterocycles. The predicted molar refractivity (Wildman–Crippen MR) is 57.4 cm³/mol. The first-order valence-electron chi connectivity index (χ1n) is 5.30. The van der Waals surface area contributed by atoms with E-state index in [1.54, 1.807) is 0 Å². The lowest BCUT2D eigenvalue weighted by Crippen LogP contribution is -2.05. The molecule has 1 N–H and O–H groups in total. The van der Waals surface area contributed by atoms with Crippen LogP contribution in [0.4, 0.5) is 0 Å². The van der Waals surface area contributed by atoms with Crippen LogP contribution in [0.2, 0.25) is 0 Å². The Balaban J connectivity index is 2.10. The zero-order valence-electron chi connectivity index (χ0n) is 8.90. The van der Waals surface area contributed by atoms with Crippen LogP contribution < -0.4 is 9.47 Å². The van der Waals surface area contributed by atoms with Crippen molar-refractivity contribution in [1.82, 2.24) is 0 Å². The van der Waals surface area contributed by atoms with Crippen molar-refractivity contribution >= 4 is 0 Å². The Morgan fingerprint density at radius 1 is 1.33 bits per heavy atom. The summed E-state index contributed by atoms with van der Waals surface area (Å²) in [5.74, 6) is 1.52. The van der Waals surface area contributed by atoms with E-state index in [0.717, 1.165) is 29.9 Å². The van der Waals surface area contributed by atoms with E-state index in [0.29, 0.717) is 12.7 Å². The van der Waals surface area contributed by atoms with Crippen molar-refractivity contribution in [2.45, 2.75) is 25.9 Å². The molecule has 0 radical (unpaired) electrons. The summed E-state index contributed by atoms with van der Waals surface area (Å²) in [6, 6.07) is 5.85. The van der Waals surface area contributed by atoms with E-state index < -0.39 is 0 Å². The largest absolute Gasteiger partial charge is 0.487 e. The summed E-state index contributed by atoms with van der Waals surface area (Å²) in [5, 5.41) is 8.70. The lowest BCUT2D eigenvalue weighted by molar-refractivity contribution is 0.192. The van der Waals surface area contributed by atoms with E-state index in [4.69, 9.17) is 14.6 Å². The van der Waals surface area contributed by atoms with Gasteiger partial charge < -0.3 is 14.6 Å². The minimum atomic E-state index is 0.0245. The summed E-state index contributed by atoms with van der Waals surface area (Å²) in [6.07, 6.45) is 2.63. The van der Waals surface area contributed by atoms with Crippen LogP contribution in [0.3, 0.4) is 0 Å². The first-order chi connectivity index (χ1) is 7.29. The van der Waals surface area contributed by atoms with Gasteiger partial charge in [-0.1, -0.05) is 6.07 Å². The van der Waals surface area contributed by atoms with Crippen LogP contribution in [0.1, 0.15) is 18.4 Å². The highest BCUT2D eigenvalue weighted by Gasteiger charge is 2.24. The van der Waals surface area contributed by atoms with Gasteiger partial charge in [-0.05, 0) is 37.5 Å². The van der Waals surface area contributed by atoms with Gasteiger partial charge in [-0.25, -0.2) is 0 Å². The maximum absolute atomic E-state index is 8.70. The second-order valence-electron chi connectivity index (χ2n) is 3.84. The molecule has 0 amide bonds. The molecular formula is C12H16O3. The lowest BCUT2D eigenvalue weighted by atomic mass is 10.2. The monoisotopic (exact) mass is 208 g/mol. The van der Waals surface area contributed by atoms with Gasteiger partial charge >= 0.3 is 0 Å². The predicted octanol–water partition coefficient (Wildman–Crippen LogP) is 1.91. The molecule has 0 unspecified atom stereocenters. The minimum absolute atomic E-state index is 0.0245. The van der Waals surface area contributed by atoms with E-state index >= 15 is 0 Å². The quantitative estimate of drug-likeness (QED) is 0.803. The smallest absolute Gasteiger partial charge is 0.161 e. The highest BCUT2D eigenvalue weighted by atomic mass is 16.5. The van der Waals surface area contributed by atoms with Crippen LogP contribution in [0.25, 0.3) is 0 Å². The Labute approximate surface area is 89.6 Å². The molecule has 0 bridgehead atoms. The Morgan fingerprint density at radius 3 is 2.80 bits per heavy atom. The van der Waals surface area contributed by atoms with Crippen molar-refractivity contribution in [2.75, 3.05) is 13.2 Å². The summed E-state index contributed by atoms with van der Waals surface area (Å²) in [5.41, 5.74) is 1.15. The van der Waals surface area contributed by atoms with Crippen molar-refractivity contribution in [1.29, 1.82) is 0 Å². The highest BCUT2D eigenvalue weighted by Crippen LogP contribution is 2.34. The first-order valence-corrected chi connectivity index (χ1v) is 5.30. The van der Waals surface area contributed by atoms with Crippen molar-refractivity contribution in [2.24, 2.45) is 0 Å². The third kappa shape index (κ3) is 2.86. The van der Waals surface area contributed by atoms with Gasteiger partial charge in [0, 0.05) is 0 Å². The van der Waals surface area contributed by atoms with Gasteiger partial charge in [-0.15, -0.1) is 0 Å². The van der Waals surface area contributed by atoms with Crippen LogP contribution in [0.15, 0.2) is 18.2 Å². The van der Waals surface area contributed by atoms with Gasteiger partial charge in [0.15, 0.2) is 11.5 Å². The highest BCUT2D eigenvalue weighted by molar-refractivity contribution is 5.43. The molecule has 82 valence electrons. The normalized spacial score (nSPS) is 15.1. The Bertz CT molecular complexity index is 332. The van der Waals surface area contributed by atoms with E-state index in [-0.39, 0.29) is 6.61 Å². The topological polar surface area (TPSA) is 38.7 Å². The van der Waals surface area contributed by atoms with Gasteiger partial charge in [0.25, 0.3) is 0 Å². The Kier molecular flexibility index (Phi) is 3.11. The number of benzene rings is 1. The van der Waals surface area contributed by atoms with Gasteiger partial charge in [0.2, 0.25) is 0 Å². The average molecular weight is 208 g/mol. The molecule has 0 atom stereocenters. The van der Waals surface area contributed by atoms with Gasteiger partial charge in [-0.2, -0.15) is 0 Å². The second kappa shape index (κ2) is 4.53. The third-order valence-electron chi connectivity index (χ3n) is 2.27. The van der Waals surface area contributed by atoms with Crippen molar-refractivity contribution in [3.8, 4) is 11.5 Å². The summed E-state index contributed by atoms with van der Waals surface area (Å²) < 4.78 is 11.1. The fourth-order valence-corrected chi connectivity index (χ4v) is 1.35. The van der Waals surface area contributed by atoms with Gasteiger partial charge in [0.1, 0.15) is 6.61 Å². The molecule has 1 aliphatic rings. The van der Waals surface area contributed by atoms with Gasteiger partial charge in [-0.3, -0.25) is 0 Å². The second-order valence-corrected chi connectivity index (χ2v) is 3.84. The van der Waals surface area contributed by atoms with Gasteiger partial charge in [0.05, 0.1) is 12.7 Å². The molecule has 3 nitrogen and oxygen atoms in total. The van der Waals surface area contributed by atoms with Crippen LogP contribution in [-0.2, 0) is 0 Å². The maximum Gasteiger partial charge on any atom is 0.161 e. The summed E-state index contributed by atoms with van der Waals surface area (Å²) in [7, 11) is 0. The number of hydrogen-bond donors (Lipinski definition) is 1. The summed E-state index contributed by atoms with van der Waals surface area (Å²) >= 11 is 0. The van der Waals surface area contributed by atoms with Crippen LogP contribution in [0.5, 0.6) is 11.5 Å². The molecule has 0 spiro atoms. The Morgan fingerprint density at radius 2 is 2.13 bits per heavy atom. The molecule has 3 heteroatoms. The molecule has 0 heterocycles. The molecular weight excluding hydrogens is 192 g/mol. The van der Waals surface area contributed by atoms with Crippen molar-refractivity contribution in [3.63, 3.8) is 0 Å². The molecule has 0 aromatic heterocycles. The van der Waals surface area contributed by atoms with Crippen LogP contribution >= 0.6 is 0 Å². The minimum Gasteiger partial charge on any atom is -0.487 e. The molecule has 1 aromatic rings. The Hall–Kier alpha value is -1.22. The summed E-state index contributed by atoms with van der Waals surface area (Å²) in [6.45, 7) is 2.36. The van der Waals surface area contributed by atoms with Crippen molar-refractivity contribution < 1.29 is 14.6 Å². The number of aryl methyl sites for hydroxylation is 1. The number of rotatable bonds is 5. The molecule has 1 saturated carbocycles.